The molecule has 2 aromatic carbocycles. The number of aliphatic hydroxyl groups excluding tert-OH is 1. The summed E-state index contributed by atoms with van der Waals surface area (Å²) in [6, 6.07) is 8.42. The van der Waals surface area contributed by atoms with Crippen LogP contribution in [0.1, 0.15) is 19.4 Å². The summed E-state index contributed by atoms with van der Waals surface area (Å²) in [6.07, 6.45) is 0. The predicted octanol–water partition coefficient (Wildman–Crippen LogP) is 2.52. The maximum absolute atomic E-state index is 9.97. The van der Waals surface area contributed by atoms with Crippen LogP contribution in [0.15, 0.2) is 30.3 Å². The van der Waals surface area contributed by atoms with Gasteiger partial charge in [-0.15, -0.1) is 0 Å². The van der Waals surface area contributed by atoms with E-state index >= 15 is 0 Å². The molecular weight excluding hydrogens is 216 g/mol. The third kappa shape index (κ3) is 1.94. The molecule has 0 heterocycles. The summed E-state index contributed by atoms with van der Waals surface area (Å²) in [4.78, 5) is 0. The second kappa shape index (κ2) is 3.93. The van der Waals surface area contributed by atoms with Gasteiger partial charge in [-0.2, -0.15) is 0 Å². The summed E-state index contributed by atoms with van der Waals surface area (Å²) in [6.45, 7) is 3.63. The summed E-state index contributed by atoms with van der Waals surface area (Å²) in [5.74, 6) is 0.292. The van der Waals surface area contributed by atoms with Crippen molar-refractivity contribution in [3.8, 4) is 11.5 Å². The Balaban J connectivity index is 2.84. The summed E-state index contributed by atoms with van der Waals surface area (Å²) < 4.78 is 0. The average molecular weight is 232 g/mol. The number of aliphatic hydroxyl groups is 1. The second-order valence-corrected chi connectivity index (χ2v) is 4.91. The summed E-state index contributed by atoms with van der Waals surface area (Å²) in [5.41, 5.74) is 0.102. The van der Waals surface area contributed by atoms with E-state index in [4.69, 9.17) is 0 Å². The van der Waals surface area contributed by atoms with Crippen LogP contribution in [0.2, 0.25) is 0 Å². The van der Waals surface area contributed by atoms with Crippen LogP contribution in [-0.2, 0) is 5.41 Å². The molecule has 2 aromatic rings. The number of hydrogen-bond acceptors (Lipinski definition) is 3. The van der Waals surface area contributed by atoms with Crippen molar-refractivity contribution < 1.29 is 15.3 Å². The molecule has 0 amide bonds. The van der Waals surface area contributed by atoms with E-state index in [0.29, 0.717) is 5.56 Å². The monoisotopic (exact) mass is 232 g/mol. The third-order valence-electron chi connectivity index (χ3n) is 3.06. The standard InChI is InChI=1S/C14H16O3/c1-14(2,8-15)13-11-7-10(16)5-3-9(11)4-6-12(13)17/h3-7,15-17H,8H2,1-2H3. The Morgan fingerprint density at radius 3 is 2.35 bits per heavy atom. The van der Waals surface area contributed by atoms with Gasteiger partial charge >= 0.3 is 0 Å². The van der Waals surface area contributed by atoms with Gasteiger partial charge in [-0.1, -0.05) is 26.0 Å². The molecule has 0 saturated carbocycles. The molecular formula is C14H16O3. The molecule has 2 rings (SSSR count). The minimum atomic E-state index is -0.558. The number of aromatic hydroxyl groups is 2. The van der Waals surface area contributed by atoms with E-state index in [1.807, 2.05) is 13.8 Å². The molecule has 0 fully saturated rings. The van der Waals surface area contributed by atoms with Crippen molar-refractivity contribution in [3.63, 3.8) is 0 Å². The highest BCUT2D eigenvalue weighted by molar-refractivity contribution is 5.89. The SMILES string of the molecule is CC(C)(CO)c1c(O)ccc2ccc(O)cc12. The summed E-state index contributed by atoms with van der Waals surface area (Å²) >= 11 is 0. The fourth-order valence-electron chi connectivity index (χ4n) is 2.09. The normalized spacial score (nSPS) is 11.9. The smallest absolute Gasteiger partial charge is 0.120 e. The summed E-state index contributed by atoms with van der Waals surface area (Å²) in [7, 11) is 0. The van der Waals surface area contributed by atoms with Crippen LogP contribution in [-0.4, -0.2) is 21.9 Å². The predicted molar refractivity (Wildman–Crippen MR) is 67.4 cm³/mol. The zero-order valence-electron chi connectivity index (χ0n) is 9.94. The first kappa shape index (κ1) is 11.7. The van der Waals surface area contributed by atoms with Crippen LogP contribution in [0.4, 0.5) is 0 Å². The van der Waals surface area contributed by atoms with Crippen LogP contribution in [0, 0.1) is 0 Å². The Morgan fingerprint density at radius 1 is 1.06 bits per heavy atom. The largest absolute Gasteiger partial charge is 0.508 e. The average Bonchev–Trinajstić information content (AvgIpc) is 2.28. The lowest BCUT2D eigenvalue weighted by Crippen LogP contribution is -2.22. The van der Waals surface area contributed by atoms with Gasteiger partial charge in [0, 0.05) is 11.0 Å². The van der Waals surface area contributed by atoms with E-state index in [1.165, 1.54) is 0 Å². The molecule has 0 radical (unpaired) electrons. The minimum Gasteiger partial charge on any atom is -0.508 e. The van der Waals surface area contributed by atoms with Crippen molar-refractivity contribution in [3.05, 3.63) is 35.9 Å². The Bertz CT molecular complexity index is 553. The molecule has 90 valence electrons. The Labute approximate surface area is 100.0 Å². The van der Waals surface area contributed by atoms with Gasteiger partial charge in [-0.3, -0.25) is 0 Å². The highest BCUT2D eigenvalue weighted by atomic mass is 16.3. The number of benzene rings is 2. The molecule has 3 N–H and O–H groups in total. The van der Waals surface area contributed by atoms with E-state index in [2.05, 4.69) is 0 Å². The van der Waals surface area contributed by atoms with Gasteiger partial charge in [0.25, 0.3) is 0 Å². The first-order valence-corrected chi connectivity index (χ1v) is 5.52. The number of rotatable bonds is 2. The molecule has 0 unspecified atom stereocenters. The van der Waals surface area contributed by atoms with Gasteiger partial charge < -0.3 is 15.3 Å². The number of hydrogen-bond donors (Lipinski definition) is 3. The molecule has 0 aromatic heterocycles. The zero-order chi connectivity index (χ0) is 12.6. The van der Waals surface area contributed by atoms with Crippen molar-refractivity contribution in [2.75, 3.05) is 6.61 Å². The van der Waals surface area contributed by atoms with Gasteiger partial charge in [-0.25, -0.2) is 0 Å². The highest BCUT2D eigenvalue weighted by Gasteiger charge is 2.25. The summed E-state index contributed by atoms with van der Waals surface area (Å²) in [5, 5.41) is 30.6. The van der Waals surface area contributed by atoms with Gasteiger partial charge in [0.2, 0.25) is 0 Å². The Morgan fingerprint density at radius 2 is 1.71 bits per heavy atom. The zero-order valence-corrected chi connectivity index (χ0v) is 9.94. The molecule has 17 heavy (non-hydrogen) atoms. The second-order valence-electron chi connectivity index (χ2n) is 4.91. The molecule has 3 heteroatoms. The molecule has 0 aliphatic heterocycles. The van der Waals surface area contributed by atoms with Gasteiger partial charge in [0.15, 0.2) is 0 Å². The molecule has 3 nitrogen and oxygen atoms in total. The van der Waals surface area contributed by atoms with E-state index in [9.17, 15) is 15.3 Å². The van der Waals surface area contributed by atoms with Crippen molar-refractivity contribution in [1.82, 2.24) is 0 Å². The fourth-order valence-corrected chi connectivity index (χ4v) is 2.09. The number of fused-ring (bicyclic) bond motifs is 1. The van der Waals surface area contributed by atoms with Crippen molar-refractivity contribution in [1.29, 1.82) is 0 Å². The molecule has 0 saturated heterocycles. The van der Waals surface area contributed by atoms with E-state index in [1.54, 1.807) is 30.3 Å². The third-order valence-corrected chi connectivity index (χ3v) is 3.06. The Kier molecular flexibility index (Phi) is 2.71. The molecule has 0 aliphatic rings. The lowest BCUT2D eigenvalue weighted by atomic mass is 9.82. The maximum Gasteiger partial charge on any atom is 0.120 e. The lowest BCUT2D eigenvalue weighted by molar-refractivity contribution is 0.216. The maximum atomic E-state index is 9.97. The number of phenols is 2. The highest BCUT2D eigenvalue weighted by Crippen LogP contribution is 2.38. The van der Waals surface area contributed by atoms with Gasteiger partial charge in [0.05, 0.1) is 6.61 Å². The fraction of sp³-hybridized carbons (Fsp3) is 0.286. The van der Waals surface area contributed by atoms with E-state index in [-0.39, 0.29) is 18.1 Å². The molecule has 0 aliphatic carbocycles. The topological polar surface area (TPSA) is 60.7 Å². The van der Waals surface area contributed by atoms with E-state index < -0.39 is 5.41 Å². The Hall–Kier alpha value is -1.74. The quantitative estimate of drug-likeness (QED) is 0.745. The molecule has 0 bridgehead atoms. The molecule has 0 atom stereocenters. The molecule has 0 spiro atoms. The minimum absolute atomic E-state index is 0.0741. The van der Waals surface area contributed by atoms with Crippen LogP contribution in [0.25, 0.3) is 10.8 Å². The van der Waals surface area contributed by atoms with Crippen LogP contribution in [0.3, 0.4) is 0 Å². The van der Waals surface area contributed by atoms with Crippen LogP contribution < -0.4 is 0 Å². The van der Waals surface area contributed by atoms with Crippen LogP contribution in [0.5, 0.6) is 11.5 Å². The number of phenolic OH excluding ortho intramolecular Hbond substituents is 2. The van der Waals surface area contributed by atoms with Crippen molar-refractivity contribution in [2.45, 2.75) is 19.3 Å². The first-order chi connectivity index (χ1) is 7.95. The first-order valence-electron chi connectivity index (χ1n) is 5.52. The van der Waals surface area contributed by atoms with Gasteiger partial charge in [-0.05, 0) is 29.0 Å². The van der Waals surface area contributed by atoms with Crippen molar-refractivity contribution >= 4 is 10.8 Å². The lowest BCUT2D eigenvalue weighted by Gasteiger charge is -2.25. The van der Waals surface area contributed by atoms with Crippen molar-refractivity contribution in [2.24, 2.45) is 0 Å². The van der Waals surface area contributed by atoms with Crippen LogP contribution >= 0.6 is 0 Å². The van der Waals surface area contributed by atoms with Gasteiger partial charge in [0.1, 0.15) is 11.5 Å². The van der Waals surface area contributed by atoms with E-state index in [0.717, 1.165) is 10.8 Å².